The number of ether oxygens (including phenoxy) is 2. The van der Waals surface area contributed by atoms with Gasteiger partial charge in [0.05, 0.1) is 32.3 Å². The summed E-state index contributed by atoms with van der Waals surface area (Å²) in [6.07, 6.45) is 4.25. The van der Waals surface area contributed by atoms with Crippen LogP contribution < -0.4 is 9.47 Å². The molecular formula is C12H12N4O3. The minimum absolute atomic E-state index is 0.0708. The summed E-state index contributed by atoms with van der Waals surface area (Å²) in [6, 6.07) is 0. The van der Waals surface area contributed by atoms with Crippen LogP contribution in [0.15, 0.2) is 18.6 Å². The van der Waals surface area contributed by atoms with Crippen molar-refractivity contribution in [1.29, 1.82) is 0 Å². The average molecular weight is 260 g/mol. The maximum Gasteiger partial charge on any atom is 0.247 e. The average Bonchev–Trinajstić information content (AvgIpc) is 2.46. The van der Waals surface area contributed by atoms with Gasteiger partial charge in [0.2, 0.25) is 17.5 Å². The molecule has 2 aromatic rings. The first-order chi connectivity index (χ1) is 9.15. The van der Waals surface area contributed by atoms with E-state index in [1.54, 1.807) is 6.92 Å². The lowest BCUT2D eigenvalue weighted by Crippen LogP contribution is -2.10. The molecule has 98 valence electrons. The molecule has 0 saturated heterocycles. The summed E-state index contributed by atoms with van der Waals surface area (Å²) >= 11 is 0. The summed E-state index contributed by atoms with van der Waals surface area (Å²) in [6.45, 7) is 1.79. The van der Waals surface area contributed by atoms with Crippen molar-refractivity contribution in [1.82, 2.24) is 19.9 Å². The second kappa shape index (κ2) is 5.38. The molecule has 19 heavy (non-hydrogen) atoms. The van der Waals surface area contributed by atoms with Gasteiger partial charge in [0.1, 0.15) is 5.69 Å². The Hall–Kier alpha value is -2.57. The fourth-order valence-corrected chi connectivity index (χ4v) is 1.38. The molecule has 2 heterocycles. The van der Waals surface area contributed by atoms with Crippen LogP contribution in [0.3, 0.4) is 0 Å². The molecule has 2 aromatic heterocycles. The van der Waals surface area contributed by atoms with Crippen LogP contribution in [-0.2, 0) is 0 Å². The maximum atomic E-state index is 12.2. The van der Waals surface area contributed by atoms with Gasteiger partial charge in [0.25, 0.3) is 0 Å². The Morgan fingerprint density at radius 2 is 1.84 bits per heavy atom. The lowest BCUT2D eigenvalue weighted by atomic mass is 10.2. The molecule has 0 amide bonds. The van der Waals surface area contributed by atoms with Gasteiger partial charge >= 0.3 is 0 Å². The lowest BCUT2D eigenvalue weighted by molar-refractivity contribution is 0.102. The third kappa shape index (κ3) is 2.65. The van der Waals surface area contributed by atoms with Crippen molar-refractivity contribution in [3.63, 3.8) is 0 Å². The van der Waals surface area contributed by atoms with Crippen molar-refractivity contribution in [2.45, 2.75) is 6.92 Å². The molecular weight excluding hydrogens is 248 g/mol. The highest BCUT2D eigenvalue weighted by Crippen LogP contribution is 2.19. The Bertz CT molecular complexity index is 598. The third-order valence-corrected chi connectivity index (χ3v) is 2.35. The monoisotopic (exact) mass is 260 g/mol. The van der Waals surface area contributed by atoms with E-state index < -0.39 is 5.78 Å². The summed E-state index contributed by atoms with van der Waals surface area (Å²) in [5.41, 5.74) is 0.981. The Kier molecular flexibility index (Phi) is 3.65. The van der Waals surface area contributed by atoms with Gasteiger partial charge in [-0.2, -0.15) is 4.98 Å². The molecule has 0 aliphatic rings. The molecule has 0 saturated carbocycles. The quantitative estimate of drug-likeness (QED) is 0.752. The van der Waals surface area contributed by atoms with E-state index >= 15 is 0 Å². The number of hydrogen-bond donors (Lipinski definition) is 0. The Morgan fingerprint density at radius 1 is 1.05 bits per heavy atom. The van der Waals surface area contributed by atoms with Crippen LogP contribution in [0.4, 0.5) is 0 Å². The lowest BCUT2D eigenvalue weighted by Gasteiger charge is -2.06. The number of methoxy groups -OCH3 is 2. The van der Waals surface area contributed by atoms with Crippen molar-refractivity contribution in [2.24, 2.45) is 0 Å². The van der Waals surface area contributed by atoms with Gasteiger partial charge in [-0.15, -0.1) is 0 Å². The number of aryl methyl sites for hydroxylation is 1. The van der Waals surface area contributed by atoms with Gasteiger partial charge in [-0.05, 0) is 6.92 Å². The minimum Gasteiger partial charge on any atom is -0.480 e. The fourth-order valence-electron chi connectivity index (χ4n) is 1.38. The third-order valence-electron chi connectivity index (χ3n) is 2.35. The number of hydrogen-bond acceptors (Lipinski definition) is 7. The van der Waals surface area contributed by atoms with E-state index in [0.717, 1.165) is 5.69 Å². The minimum atomic E-state index is -0.403. The van der Waals surface area contributed by atoms with E-state index in [1.165, 1.54) is 32.8 Å². The summed E-state index contributed by atoms with van der Waals surface area (Å²) in [5, 5.41) is 0. The molecule has 0 atom stereocenters. The highest BCUT2D eigenvalue weighted by Gasteiger charge is 2.19. The van der Waals surface area contributed by atoms with E-state index in [1.807, 2.05) is 0 Å². The summed E-state index contributed by atoms with van der Waals surface area (Å²) in [7, 11) is 2.86. The molecule has 0 aliphatic carbocycles. The molecule has 0 bridgehead atoms. The number of carbonyl (C=O) groups is 1. The second-order valence-electron chi connectivity index (χ2n) is 3.64. The van der Waals surface area contributed by atoms with E-state index in [9.17, 15) is 4.79 Å². The largest absolute Gasteiger partial charge is 0.480 e. The molecule has 2 rings (SSSR count). The molecule has 0 radical (unpaired) electrons. The van der Waals surface area contributed by atoms with Gasteiger partial charge in [-0.25, -0.2) is 9.97 Å². The first kappa shape index (κ1) is 12.9. The normalized spacial score (nSPS) is 10.1. The van der Waals surface area contributed by atoms with Crippen molar-refractivity contribution in [3.8, 4) is 11.8 Å². The van der Waals surface area contributed by atoms with E-state index in [2.05, 4.69) is 19.9 Å². The van der Waals surface area contributed by atoms with Crippen LogP contribution >= 0.6 is 0 Å². The molecule has 0 fully saturated rings. The first-order valence-electron chi connectivity index (χ1n) is 5.44. The van der Waals surface area contributed by atoms with Gasteiger partial charge in [0, 0.05) is 6.20 Å². The van der Waals surface area contributed by atoms with Crippen LogP contribution in [-0.4, -0.2) is 39.9 Å². The van der Waals surface area contributed by atoms with Gasteiger partial charge in [0.15, 0.2) is 5.69 Å². The number of rotatable bonds is 4. The van der Waals surface area contributed by atoms with Crippen LogP contribution in [0.2, 0.25) is 0 Å². The molecule has 7 nitrogen and oxygen atoms in total. The molecule has 0 N–H and O–H groups in total. The summed E-state index contributed by atoms with van der Waals surface area (Å²) in [5.74, 6) is -0.0466. The van der Waals surface area contributed by atoms with Crippen molar-refractivity contribution < 1.29 is 14.3 Å². The van der Waals surface area contributed by atoms with Gasteiger partial charge in [-0.1, -0.05) is 0 Å². The maximum absolute atomic E-state index is 12.2. The highest BCUT2D eigenvalue weighted by molar-refractivity contribution is 6.07. The molecule has 0 aromatic carbocycles. The Labute approximate surface area is 109 Å². The topological polar surface area (TPSA) is 87.1 Å². The predicted octanol–water partition coefficient (Wildman–Crippen LogP) is 0.823. The fraction of sp³-hybridized carbons (Fsp3) is 0.250. The first-order valence-corrected chi connectivity index (χ1v) is 5.44. The Morgan fingerprint density at radius 3 is 2.42 bits per heavy atom. The standard InChI is InChI=1S/C12H12N4O3/c1-7-4-14-8(5-13-7)11(17)10-12(19-3)16-9(18-2)6-15-10/h4-6H,1-3H3. The number of aromatic nitrogens is 4. The van der Waals surface area contributed by atoms with Gasteiger partial charge in [-0.3, -0.25) is 9.78 Å². The number of nitrogens with zero attached hydrogens (tertiary/aromatic N) is 4. The number of ketones is 1. The zero-order valence-electron chi connectivity index (χ0n) is 10.7. The van der Waals surface area contributed by atoms with Crippen molar-refractivity contribution in [3.05, 3.63) is 35.7 Å². The summed E-state index contributed by atoms with van der Waals surface area (Å²) in [4.78, 5) is 28.2. The summed E-state index contributed by atoms with van der Waals surface area (Å²) < 4.78 is 9.95. The van der Waals surface area contributed by atoms with Crippen LogP contribution in [0.1, 0.15) is 21.9 Å². The molecule has 0 aliphatic heterocycles. The van der Waals surface area contributed by atoms with Crippen LogP contribution in [0, 0.1) is 6.92 Å². The van der Waals surface area contributed by atoms with Crippen LogP contribution in [0.5, 0.6) is 11.8 Å². The van der Waals surface area contributed by atoms with Crippen LogP contribution in [0.25, 0.3) is 0 Å². The Balaban J connectivity index is 2.40. The zero-order chi connectivity index (χ0) is 13.8. The second-order valence-corrected chi connectivity index (χ2v) is 3.64. The molecule has 0 unspecified atom stereocenters. The predicted molar refractivity (Wildman–Crippen MR) is 65.3 cm³/mol. The van der Waals surface area contributed by atoms with Crippen molar-refractivity contribution >= 4 is 5.78 Å². The smallest absolute Gasteiger partial charge is 0.247 e. The number of carbonyl (C=O) groups excluding carboxylic acids is 1. The highest BCUT2D eigenvalue weighted by atomic mass is 16.5. The SMILES string of the molecule is COc1cnc(C(=O)c2cnc(C)cn2)c(OC)n1. The zero-order valence-corrected chi connectivity index (χ0v) is 10.7. The molecule has 0 spiro atoms. The van der Waals surface area contributed by atoms with E-state index in [-0.39, 0.29) is 23.1 Å². The van der Waals surface area contributed by atoms with E-state index in [4.69, 9.17) is 9.47 Å². The van der Waals surface area contributed by atoms with Gasteiger partial charge < -0.3 is 9.47 Å². The van der Waals surface area contributed by atoms with E-state index in [0.29, 0.717) is 0 Å². The molecule has 7 heteroatoms. The van der Waals surface area contributed by atoms with Crippen molar-refractivity contribution in [2.75, 3.05) is 14.2 Å².